The molecule has 0 radical (unpaired) electrons. The van der Waals surface area contributed by atoms with Gasteiger partial charge >= 0.3 is 0 Å². The summed E-state index contributed by atoms with van der Waals surface area (Å²) in [4.78, 5) is 37.3. The van der Waals surface area contributed by atoms with Crippen LogP contribution in [-0.4, -0.2) is 44.4 Å². The molecule has 7 heteroatoms. The average molecular weight is 397 g/mol. The van der Waals surface area contributed by atoms with E-state index in [9.17, 15) is 14.4 Å². The molecule has 0 aromatic heterocycles. The van der Waals surface area contributed by atoms with Gasteiger partial charge in [0.25, 0.3) is 17.7 Å². The molecule has 0 aliphatic heterocycles. The van der Waals surface area contributed by atoms with Crippen molar-refractivity contribution in [1.82, 2.24) is 5.32 Å². The van der Waals surface area contributed by atoms with Gasteiger partial charge in [0.15, 0.2) is 13.1 Å². The summed E-state index contributed by atoms with van der Waals surface area (Å²) >= 11 is 0. The molecule has 0 saturated carbocycles. The van der Waals surface area contributed by atoms with Crippen molar-refractivity contribution in [3.05, 3.63) is 59.2 Å². The standard InChI is InChI=1S/C22H28N4O3/c1-5-23-22(29)17-9-7-10-18(12-17)24-20(27)13-26(4)14-21(28)25-19-11-6-8-15(2)16(19)3/h6-12H,5,13-14H2,1-4H3,(H,23,29)(H,24,27)(H,25,28)/p+1. The molecule has 2 rings (SSSR count). The van der Waals surface area contributed by atoms with Crippen molar-refractivity contribution in [2.24, 2.45) is 0 Å². The maximum absolute atomic E-state index is 12.3. The van der Waals surface area contributed by atoms with Crippen LogP contribution in [0, 0.1) is 13.8 Å². The van der Waals surface area contributed by atoms with Crippen molar-refractivity contribution in [2.75, 3.05) is 37.3 Å². The fraction of sp³-hybridized carbons (Fsp3) is 0.318. The molecule has 2 aromatic carbocycles. The molecular weight excluding hydrogens is 368 g/mol. The Balaban J connectivity index is 1.87. The molecule has 1 unspecified atom stereocenters. The molecule has 0 aliphatic carbocycles. The molecule has 0 saturated heterocycles. The largest absolute Gasteiger partial charge is 0.352 e. The third-order valence-electron chi connectivity index (χ3n) is 4.55. The SMILES string of the molecule is CCNC(=O)c1cccc(NC(=O)C[NH+](C)CC(=O)Nc2cccc(C)c2C)c1. The fourth-order valence-electron chi connectivity index (χ4n) is 2.90. The normalized spacial score (nSPS) is 11.4. The Kier molecular flexibility index (Phi) is 7.91. The number of anilines is 2. The van der Waals surface area contributed by atoms with Crippen LogP contribution in [0.2, 0.25) is 0 Å². The van der Waals surface area contributed by atoms with Gasteiger partial charge in [-0.25, -0.2) is 0 Å². The summed E-state index contributed by atoms with van der Waals surface area (Å²) in [6.07, 6.45) is 0. The van der Waals surface area contributed by atoms with Crippen LogP contribution in [0.5, 0.6) is 0 Å². The Morgan fingerprint density at radius 1 is 0.931 bits per heavy atom. The number of amides is 3. The molecule has 0 aliphatic rings. The minimum absolute atomic E-state index is 0.131. The molecule has 0 bridgehead atoms. The maximum atomic E-state index is 12.3. The van der Waals surface area contributed by atoms with Crippen molar-refractivity contribution < 1.29 is 19.3 Å². The highest BCUT2D eigenvalue weighted by molar-refractivity contribution is 5.97. The van der Waals surface area contributed by atoms with E-state index in [0.717, 1.165) is 21.7 Å². The molecule has 4 N–H and O–H groups in total. The van der Waals surface area contributed by atoms with E-state index in [4.69, 9.17) is 0 Å². The number of carbonyl (C=O) groups excluding carboxylic acids is 3. The van der Waals surface area contributed by atoms with E-state index in [0.29, 0.717) is 17.8 Å². The third-order valence-corrected chi connectivity index (χ3v) is 4.55. The van der Waals surface area contributed by atoms with Crippen molar-refractivity contribution in [1.29, 1.82) is 0 Å². The molecule has 0 heterocycles. The van der Waals surface area contributed by atoms with E-state index in [1.165, 1.54) is 0 Å². The Hall–Kier alpha value is -3.19. The Morgan fingerprint density at radius 3 is 2.28 bits per heavy atom. The zero-order valence-corrected chi connectivity index (χ0v) is 17.4. The molecule has 0 fully saturated rings. The van der Waals surface area contributed by atoms with Crippen LogP contribution in [0.4, 0.5) is 11.4 Å². The quantitative estimate of drug-likeness (QED) is 0.538. The van der Waals surface area contributed by atoms with Gasteiger partial charge in [-0.05, 0) is 56.2 Å². The molecule has 0 spiro atoms. The number of likely N-dealkylation sites (N-methyl/N-ethyl adjacent to an activating group) is 1. The molecule has 2 aromatic rings. The number of nitrogens with one attached hydrogen (secondary N) is 4. The van der Waals surface area contributed by atoms with Crippen molar-refractivity contribution in [3.8, 4) is 0 Å². The monoisotopic (exact) mass is 397 g/mol. The van der Waals surface area contributed by atoms with Gasteiger partial charge in [-0.1, -0.05) is 18.2 Å². The molecule has 1 atom stereocenters. The predicted molar refractivity (Wildman–Crippen MR) is 114 cm³/mol. The van der Waals surface area contributed by atoms with Crippen molar-refractivity contribution in [2.45, 2.75) is 20.8 Å². The number of benzene rings is 2. The first-order valence-corrected chi connectivity index (χ1v) is 9.65. The smallest absolute Gasteiger partial charge is 0.279 e. The highest BCUT2D eigenvalue weighted by Gasteiger charge is 2.16. The number of carbonyl (C=O) groups is 3. The molecule has 3 amide bonds. The number of hydrogen-bond donors (Lipinski definition) is 4. The van der Waals surface area contributed by atoms with Gasteiger partial charge in [0.2, 0.25) is 0 Å². The highest BCUT2D eigenvalue weighted by atomic mass is 16.2. The lowest BCUT2D eigenvalue weighted by Crippen LogP contribution is -3.11. The summed E-state index contributed by atoms with van der Waals surface area (Å²) in [5, 5.41) is 8.40. The Morgan fingerprint density at radius 2 is 1.59 bits per heavy atom. The summed E-state index contributed by atoms with van der Waals surface area (Å²) in [5.41, 5.74) is 3.96. The minimum atomic E-state index is -0.227. The lowest BCUT2D eigenvalue weighted by molar-refractivity contribution is -0.862. The summed E-state index contributed by atoms with van der Waals surface area (Å²) in [5.74, 6) is -0.563. The van der Waals surface area contributed by atoms with Crippen LogP contribution in [0.25, 0.3) is 0 Å². The second kappa shape index (κ2) is 10.4. The van der Waals surface area contributed by atoms with Crippen LogP contribution in [0.3, 0.4) is 0 Å². The second-order valence-electron chi connectivity index (χ2n) is 7.09. The summed E-state index contributed by atoms with van der Waals surface area (Å²) in [6, 6.07) is 12.5. The van der Waals surface area contributed by atoms with Crippen molar-refractivity contribution in [3.63, 3.8) is 0 Å². The van der Waals surface area contributed by atoms with Crippen LogP contribution >= 0.6 is 0 Å². The molecule has 7 nitrogen and oxygen atoms in total. The fourth-order valence-corrected chi connectivity index (χ4v) is 2.90. The molecular formula is C22H29N4O3+. The summed E-state index contributed by atoms with van der Waals surface area (Å²) < 4.78 is 0. The van der Waals surface area contributed by atoms with Gasteiger partial charge < -0.3 is 20.9 Å². The van der Waals surface area contributed by atoms with E-state index in [2.05, 4.69) is 16.0 Å². The van der Waals surface area contributed by atoms with E-state index in [-0.39, 0.29) is 30.8 Å². The van der Waals surface area contributed by atoms with E-state index < -0.39 is 0 Å². The van der Waals surface area contributed by atoms with Gasteiger partial charge in [0.05, 0.1) is 7.05 Å². The first-order valence-electron chi connectivity index (χ1n) is 9.65. The molecule has 154 valence electrons. The topological polar surface area (TPSA) is 91.7 Å². The number of hydrogen-bond acceptors (Lipinski definition) is 3. The maximum Gasteiger partial charge on any atom is 0.279 e. The Bertz CT molecular complexity index is 895. The second-order valence-corrected chi connectivity index (χ2v) is 7.09. The van der Waals surface area contributed by atoms with E-state index in [1.807, 2.05) is 39.0 Å². The Labute approximate surface area is 171 Å². The van der Waals surface area contributed by atoms with Gasteiger partial charge in [-0.2, -0.15) is 0 Å². The zero-order valence-electron chi connectivity index (χ0n) is 17.4. The lowest BCUT2D eigenvalue weighted by atomic mass is 10.1. The predicted octanol–water partition coefficient (Wildman–Crippen LogP) is 1.15. The van der Waals surface area contributed by atoms with Gasteiger partial charge in [-0.3, -0.25) is 14.4 Å². The summed E-state index contributed by atoms with van der Waals surface area (Å²) in [7, 11) is 1.79. The minimum Gasteiger partial charge on any atom is -0.352 e. The van der Waals surface area contributed by atoms with Crippen LogP contribution in [0.15, 0.2) is 42.5 Å². The van der Waals surface area contributed by atoms with Crippen LogP contribution in [-0.2, 0) is 9.59 Å². The number of quaternary nitrogens is 1. The summed E-state index contributed by atoms with van der Waals surface area (Å²) in [6.45, 7) is 6.63. The first-order chi connectivity index (χ1) is 13.8. The molecule has 29 heavy (non-hydrogen) atoms. The van der Waals surface area contributed by atoms with Crippen molar-refractivity contribution >= 4 is 29.1 Å². The number of rotatable bonds is 8. The zero-order chi connectivity index (χ0) is 21.4. The van der Waals surface area contributed by atoms with Crippen LogP contribution in [0.1, 0.15) is 28.4 Å². The average Bonchev–Trinajstić information content (AvgIpc) is 2.65. The highest BCUT2D eigenvalue weighted by Crippen LogP contribution is 2.17. The first kappa shape index (κ1) is 22.1. The van der Waals surface area contributed by atoms with E-state index in [1.54, 1.807) is 31.3 Å². The van der Waals surface area contributed by atoms with E-state index >= 15 is 0 Å². The third kappa shape index (κ3) is 6.73. The van der Waals surface area contributed by atoms with Gasteiger partial charge in [-0.15, -0.1) is 0 Å². The van der Waals surface area contributed by atoms with Crippen LogP contribution < -0.4 is 20.9 Å². The number of aryl methyl sites for hydroxylation is 1. The lowest BCUT2D eigenvalue weighted by Gasteiger charge is -2.15. The van der Waals surface area contributed by atoms with Gasteiger partial charge in [0, 0.05) is 23.5 Å². The van der Waals surface area contributed by atoms with Gasteiger partial charge in [0.1, 0.15) is 0 Å².